The largest absolute Gasteiger partial charge is 0.395 e. The van der Waals surface area contributed by atoms with Crippen molar-refractivity contribution in [1.29, 1.82) is 0 Å². The Morgan fingerprint density at radius 1 is 1.24 bits per heavy atom. The fraction of sp³-hybridized carbons (Fsp3) is 0.571. The predicted octanol–water partition coefficient (Wildman–Crippen LogP) is 1.39. The van der Waals surface area contributed by atoms with E-state index in [0.29, 0.717) is 6.54 Å². The van der Waals surface area contributed by atoms with E-state index in [1.165, 1.54) is 17.5 Å². The SMILES string of the molecule is CCCc1ccc(CN(C)CC(N)CO)cc1. The van der Waals surface area contributed by atoms with Gasteiger partial charge in [-0.2, -0.15) is 0 Å². The molecule has 0 saturated heterocycles. The molecule has 1 aromatic carbocycles. The smallest absolute Gasteiger partial charge is 0.0595 e. The number of benzene rings is 1. The van der Waals surface area contributed by atoms with Crippen LogP contribution < -0.4 is 5.73 Å². The molecule has 1 rings (SSSR count). The van der Waals surface area contributed by atoms with Crippen LogP contribution in [0.4, 0.5) is 0 Å². The molecule has 0 aliphatic rings. The second-order valence-corrected chi connectivity index (χ2v) is 4.71. The maximum atomic E-state index is 8.89. The first-order valence-electron chi connectivity index (χ1n) is 6.28. The summed E-state index contributed by atoms with van der Waals surface area (Å²) in [7, 11) is 2.02. The number of hydrogen-bond acceptors (Lipinski definition) is 3. The molecule has 0 aromatic heterocycles. The zero-order chi connectivity index (χ0) is 12.7. The van der Waals surface area contributed by atoms with E-state index in [1.807, 2.05) is 7.05 Å². The number of rotatable bonds is 7. The molecule has 3 nitrogen and oxygen atoms in total. The standard InChI is InChI=1S/C14H24N2O/c1-3-4-12-5-7-13(8-6-12)9-16(2)10-14(15)11-17/h5-8,14,17H,3-4,9-11,15H2,1-2H3. The average molecular weight is 236 g/mol. The summed E-state index contributed by atoms with van der Waals surface area (Å²) in [6.07, 6.45) is 2.33. The molecular weight excluding hydrogens is 212 g/mol. The molecule has 3 heteroatoms. The lowest BCUT2D eigenvalue weighted by molar-refractivity contribution is 0.218. The molecule has 0 heterocycles. The first kappa shape index (κ1) is 14.2. The Morgan fingerprint density at radius 3 is 2.35 bits per heavy atom. The summed E-state index contributed by atoms with van der Waals surface area (Å²) in [5.74, 6) is 0. The van der Waals surface area contributed by atoms with Gasteiger partial charge in [0.1, 0.15) is 0 Å². The zero-order valence-electron chi connectivity index (χ0n) is 10.9. The van der Waals surface area contributed by atoms with Crippen LogP contribution in [0.25, 0.3) is 0 Å². The van der Waals surface area contributed by atoms with Gasteiger partial charge in [0.2, 0.25) is 0 Å². The minimum absolute atomic E-state index is 0.0414. The summed E-state index contributed by atoms with van der Waals surface area (Å²) in [6.45, 7) is 3.82. The minimum Gasteiger partial charge on any atom is -0.395 e. The molecule has 0 aliphatic carbocycles. The third-order valence-corrected chi connectivity index (χ3v) is 2.79. The Morgan fingerprint density at radius 2 is 1.82 bits per heavy atom. The van der Waals surface area contributed by atoms with E-state index in [0.717, 1.165) is 13.0 Å². The second-order valence-electron chi connectivity index (χ2n) is 4.71. The third-order valence-electron chi connectivity index (χ3n) is 2.79. The third kappa shape index (κ3) is 5.31. The van der Waals surface area contributed by atoms with Gasteiger partial charge < -0.3 is 15.7 Å². The van der Waals surface area contributed by atoms with Gasteiger partial charge in [-0.3, -0.25) is 0 Å². The fourth-order valence-electron chi connectivity index (χ4n) is 1.93. The lowest BCUT2D eigenvalue weighted by atomic mass is 10.1. The van der Waals surface area contributed by atoms with Crippen molar-refractivity contribution in [2.75, 3.05) is 20.2 Å². The van der Waals surface area contributed by atoms with Crippen molar-refractivity contribution < 1.29 is 5.11 Å². The molecule has 0 bridgehead atoms. The van der Waals surface area contributed by atoms with Gasteiger partial charge in [0.15, 0.2) is 0 Å². The van der Waals surface area contributed by atoms with Gasteiger partial charge in [-0.1, -0.05) is 37.6 Å². The van der Waals surface area contributed by atoms with Crippen molar-refractivity contribution >= 4 is 0 Å². The van der Waals surface area contributed by atoms with Crippen LogP contribution in [0.1, 0.15) is 24.5 Å². The highest BCUT2D eigenvalue weighted by Gasteiger charge is 2.06. The maximum absolute atomic E-state index is 8.89. The molecule has 17 heavy (non-hydrogen) atoms. The Balaban J connectivity index is 2.45. The van der Waals surface area contributed by atoms with Crippen molar-refractivity contribution in [3.8, 4) is 0 Å². The van der Waals surface area contributed by atoms with Gasteiger partial charge in [0.05, 0.1) is 6.61 Å². The quantitative estimate of drug-likeness (QED) is 0.752. The van der Waals surface area contributed by atoms with Crippen molar-refractivity contribution in [2.45, 2.75) is 32.4 Å². The van der Waals surface area contributed by atoms with E-state index in [9.17, 15) is 0 Å². The summed E-state index contributed by atoms with van der Waals surface area (Å²) in [5.41, 5.74) is 8.38. The summed E-state index contributed by atoms with van der Waals surface area (Å²) >= 11 is 0. The molecule has 96 valence electrons. The van der Waals surface area contributed by atoms with Crippen LogP contribution in [0.3, 0.4) is 0 Å². The molecule has 3 N–H and O–H groups in total. The molecule has 0 radical (unpaired) electrons. The van der Waals surface area contributed by atoms with E-state index >= 15 is 0 Å². The summed E-state index contributed by atoms with van der Waals surface area (Å²) in [5, 5.41) is 8.89. The highest BCUT2D eigenvalue weighted by molar-refractivity contribution is 5.22. The number of nitrogens with two attached hydrogens (primary N) is 1. The fourth-order valence-corrected chi connectivity index (χ4v) is 1.93. The van der Waals surface area contributed by atoms with Crippen LogP contribution in [-0.2, 0) is 13.0 Å². The van der Waals surface area contributed by atoms with Gasteiger partial charge >= 0.3 is 0 Å². The van der Waals surface area contributed by atoms with Crippen molar-refractivity contribution in [3.63, 3.8) is 0 Å². The monoisotopic (exact) mass is 236 g/mol. The Kier molecular flexibility index (Phi) is 6.19. The van der Waals surface area contributed by atoms with Crippen LogP contribution in [-0.4, -0.2) is 36.2 Å². The Bertz CT molecular complexity index is 311. The summed E-state index contributed by atoms with van der Waals surface area (Å²) in [6, 6.07) is 8.58. The number of nitrogens with zero attached hydrogens (tertiary/aromatic N) is 1. The normalized spacial score (nSPS) is 13.0. The van der Waals surface area contributed by atoms with Crippen LogP contribution in [0.2, 0.25) is 0 Å². The van der Waals surface area contributed by atoms with Gasteiger partial charge in [-0.15, -0.1) is 0 Å². The number of aryl methyl sites for hydroxylation is 1. The number of hydrogen-bond donors (Lipinski definition) is 2. The number of likely N-dealkylation sites (N-methyl/N-ethyl adjacent to an activating group) is 1. The predicted molar refractivity (Wildman–Crippen MR) is 71.8 cm³/mol. The highest BCUT2D eigenvalue weighted by Crippen LogP contribution is 2.08. The summed E-state index contributed by atoms with van der Waals surface area (Å²) in [4.78, 5) is 2.13. The molecule has 0 saturated carbocycles. The molecule has 1 atom stereocenters. The van der Waals surface area contributed by atoms with Crippen molar-refractivity contribution in [1.82, 2.24) is 4.90 Å². The van der Waals surface area contributed by atoms with E-state index in [1.54, 1.807) is 0 Å². The second kappa shape index (κ2) is 7.43. The van der Waals surface area contributed by atoms with E-state index in [4.69, 9.17) is 10.8 Å². The van der Waals surface area contributed by atoms with Gasteiger partial charge in [-0.25, -0.2) is 0 Å². The average Bonchev–Trinajstić information content (AvgIpc) is 2.31. The molecule has 0 spiro atoms. The van der Waals surface area contributed by atoms with E-state index in [2.05, 4.69) is 36.1 Å². The van der Waals surface area contributed by atoms with Crippen molar-refractivity contribution in [3.05, 3.63) is 35.4 Å². The van der Waals surface area contributed by atoms with Crippen LogP contribution in [0.15, 0.2) is 24.3 Å². The van der Waals surface area contributed by atoms with E-state index in [-0.39, 0.29) is 12.6 Å². The number of aliphatic hydroxyl groups excluding tert-OH is 1. The zero-order valence-corrected chi connectivity index (χ0v) is 10.9. The molecule has 0 amide bonds. The van der Waals surface area contributed by atoms with Gasteiger partial charge in [0.25, 0.3) is 0 Å². The lowest BCUT2D eigenvalue weighted by Gasteiger charge is -2.20. The molecule has 1 aromatic rings. The van der Waals surface area contributed by atoms with Gasteiger partial charge in [-0.05, 0) is 24.6 Å². The maximum Gasteiger partial charge on any atom is 0.0595 e. The Labute approximate surface area is 104 Å². The summed E-state index contributed by atoms with van der Waals surface area (Å²) < 4.78 is 0. The van der Waals surface area contributed by atoms with Crippen LogP contribution >= 0.6 is 0 Å². The molecule has 1 unspecified atom stereocenters. The minimum atomic E-state index is -0.153. The molecule has 0 fully saturated rings. The molecule has 0 aliphatic heterocycles. The first-order valence-corrected chi connectivity index (χ1v) is 6.28. The molecular formula is C14H24N2O. The lowest BCUT2D eigenvalue weighted by Crippen LogP contribution is -2.37. The van der Waals surface area contributed by atoms with Crippen LogP contribution in [0, 0.1) is 0 Å². The topological polar surface area (TPSA) is 49.5 Å². The van der Waals surface area contributed by atoms with Crippen LogP contribution in [0.5, 0.6) is 0 Å². The number of aliphatic hydroxyl groups is 1. The first-order chi connectivity index (χ1) is 8.15. The Hall–Kier alpha value is -0.900. The van der Waals surface area contributed by atoms with Crippen molar-refractivity contribution in [2.24, 2.45) is 5.73 Å². The van der Waals surface area contributed by atoms with E-state index < -0.39 is 0 Å². The van der Waals surface area contributed by atoms with Gasteiger partial charge in [0, 0.05) is 19.1 Å². The highest BCUT2D eigenvalue weighted by atomic mass is 16.3.